The lowest BCUT2D eigenvalue weighted by Gasteiger charge is -2.07. The molecule has 2 aromatic rings. The number of amides is 1. The van der Waals surface area contributed by atoms with Gasteiger partial charge in [0.15, 0.2) is 0 Å². The molecule has 0 aliphatic carbocycles. The fraction of sp³-hybridized carbons (Fsp3) is 0.154. The van der Waals surface area contributed by atoms with Crippen molar-refractivity contribution < 1.29 is 9.53 Å². The fourth-order valence-corrected chi connectivity index (χ4v) is 2.29. The maximum absolute atomic E-state index is 11.8. The maximum atomic E-state index is 11.8. The Hall–Kier alpha value is -2.05. The van der Waals surface area contributed by atoms with Crippen LogP contribution in [0.3, 0.4) is 0 Å². The highest BCUT2D eigenvalue weighted by molar-refractivity contribution is 6.36. The molecule has 0 bridgehead atoms. The lowest BCUT2D eigenvalue weighted by Crippen LogP contribution is -2.20. The van der Waals surface area contributed by atoms with Crippen molar-refractivity contribution in [3.63, 3.8) is 0 Å². The van der Waals surface area contributed by atoms with E-state index in [1.807, 2.05) is 0 Å². The molecule has 0 unspecified atom stereocenters. The largest absolute Gasteiger partial charge is 0.495 e. The summed E-state index contributed by atoms with van der Waals surface area (Å²) in [5.74, 6) is 0.0536. The Labute approximate surface area is 131 Å². The van der Waals surface area contributed by atoms with Crippen molar-refractivity contribution in [2.24, 2.45) is 12.1 Å². The van der Waals surface area contributed by atoms with E-state index < -0.39 is 0 Å². The number of hydrogen-bond acceptors (Lipinski definition) is 4. The normalized spacial score (nSPS) is 10.9. The molecule has 0 saturated heterocycles. The Morgan fingerprint density at radius 1 is 1.48 bits per heavy atom. The van der Waals surface area contributed by atoms with Crippen LogP contribution in [0.5, 0.6) is 5.75 Å². The zero-order chi connectivity index (χ0) is 15.4. The van der Waals surface area contributed by atoms with Crippen LogP contribution in [0.15, 0.2) is 29.5 Å². The van der Waals surface area contributed by atoms with Crippen LogP contribution in [-0.2, 0) is 7.05 Å². The van der Waals surface area contributed by atoms with Crippen LogP contribution in [0.1, 0.15) is 16.1 Å². The molecule has 1 aromatic carbocycles. The second-order valence-corrected chi connectivity index (χ2v) is 4.89. The predicted octanol–water partition coefficient (Wildman–Crippen LogP) is 2.50. The molecular formula is C13H12Cl2N4O2. The minimum Gasteiger partial charge on any atom is -0.495 e. The molecule has 0 atom stereocenters. The number of benzene rings is 1. The summed E-state index contributed by atoms with van der Waals surface area (Å²) in [7, 11) is 3.15. The van der Waals surface area contributed by atoms with Gasteiger partial charge in [0.2, 0.25) is 0 Å². The molecule has 110 valence electrons. The molecule has 1 aromatic heterocycles. The van der Waals surface area contributed by atoms with Crippen LogP contribution in [0.2, 0.25) is 10.0 Å². The standard InChI is InChI=1S/C13H12Cl2N4O2/c1-19-11(3-4-17-19)13(20)18-16-7-8-5-9(14)6-10(15)12(8)21-2/h3-7H,1-2H3,(H,18,20)/b16-7-. The Morgan fingerprint density at radius 3 is 2.86 bits per heavy atom. The first-order valence-corrected chi connectivity index (χ1v) is 6.63. The zero-order valence-corrected chi connectivity index (χ0v) is 12.8. The lowest BCUT2D eigenvalue weighted by molar-refractivity contribution is 0.0945. The van der Waals surface area contributed by atoms with Gasteiger partial charge in [-0.1, -0.05) is 23.2 Å². The van der Waals surface area contributed by atoms with Crippen LogP contribution in [0.25, 0.3) is 0 Å². The zero-order valence-electron chi connectivity index (χ0n) is 11.3. The first-order chi connectivity index (χ1) is 10.0. The van der Waals surface area contributed by atoms with E-state index in [9.17, 15) is 4.79 Å². The van der Waals surface area contributed by atoms with Gasteiger partial charge < -0.3 is 4.74 Å². The van der Waals surface area contributed by atoms with Crippen LogP contribution in [-0.4, -0.2) is 29.0 Å². The average molecular weight is 327 g/mol. The summed E-state index contributed by atoms with van der Waals surface area (Å²) in [5.41, 5.74) is 3.34. The Balaban J connectivity index is 2.15. The Kier molecular flexibility index (Phi) is 4.82. The number of hydrazone groups is 1. The number of hydrogen-bond donors (Lipinski definition) is 1. The molecule has 0 fully saturated rings. The third-order valence-corrected chi connectivity index (χ3v) is 3.16. The molecule has 1 heterocycles. The van der Waals surface area contributed by atoms with Gasteiger partial charge in [-0.3, -0.25) is 9.48 Å². The molecule has 8 heteroatoms. The first kappa shape index (κ1) is 15.3. The minimum absolute atomic E-state index is 0.365. The Morgan fingerprint density at radius 2 is 2.24 bits per heavy atom. The number of nitrogens with zero attached hydrogens (tertiary/aromatic N) is 3. The van der Waals surface area contributed by atoms with Crippen LogP contribution in [0.4, 0.5) is 0 Å². The summed E-state index contributed by atoms with van der Waals surface area (Å²) in [6.07, 6.45) is 2.93. The van der Waals surface area contributed by atoms with E-state index >= 15 is 0 Å². The molecule has 0 aliphatic heterocycles. The smallest absolute Gasteiger partial charge is 0.289 e. The van der Waals surface area contributed by atoms with Crippen molar-refractivity contribution in [1.82, 2.24) is 15.2 Å². The molecule has 0 saturated carbocycles. The third kappa shape index (κ3) is 3.53. The predicted molar refractivity (Wildman–Crippen MR) is 81.3 cm³/mol. The topological polar surface area (TPSA) is 68.5 Å². The first-order valence-electron chi connectivity index (χ1n) is 5.87. The number of aryl methyl sites for hydroxylation is 1. The molecule has 6 nitrogen and oxygen atoms in total. The highest BCUT2D eigenvalue weighted by Gasteiger charge is 2.10. The number of ether oxygens (including phenoxy) is 1. The van der Waals surface area contributed by atoms with Crippen LogP contribution < -0.4 is 10.2 Å². The number of rotatable bonds is 4. The molecular weight excluding hydrogens is 315 g/mol. The number of methoxy groups -OCH3 is 1. The van der Waals surface area contributed by atoms with Crippen LogP contribution >= 0.6 is 23.2 Å². The number of aromatic nitrogens is 2. The van der Waals surface area contributed by atoms with Gasteiger partial charge in [0.25, 0.3) is 5.91 Å². The van der Waals surface area contributed by atoms with Gasteiger partial charge in [0, 0.05) is 23.8 Å². The Bertz CT molecular complexity index is 697. The van der Waals surface area contributed by atoms with Gasteiger partial charge in [-0.05, 0) is 18.2 Å². The van der Waals surface area contributed by atoms with Crippen molar-refractivity contribution in [2.75, 3.05) is 7.11 Å². The van der Waals surface area contributed by atoms with Crippen molar-refractivity contribution in [1.29, 1.82) is 0 Å². The summed E-state index contributed by atoms with van der Waals surface area (Å²) in [5, 5.41) is 8.58. The number of carbonyl (C=O) groups is 1. The minimum atomic E-state index is -0.377. The molecule has 0 aliphatic rings. The highest BCUT2D eigenvalue weighted by Crippen LogP contribution is 2.30. The maximum Gasteiger partial charge on any atom is 0.289 e. The second-order valence-electron chi connectivity index (χ2n) is 4.05. The number of nitrogens with one attached hydrogen (secondary N) is 1. The van der Waals surface area contributed by atoms with E-state index in [4.69, 9.17) is 27.9 Å². The fourth-order valence-electron chi connectivity index (χ4n) is 1.71. The average Bonchev–Trinajstić information content (AvgIpc) is 2.84. The van der Waals surface area contributed by atoms with E-state index in [1.165, 1.54) is 24.2 Å². The third-order valence-electron chi connectivity index (χ3n) is 2.66. The van der Waals surface area contributed by atoms with Gasteiger partial charge in [-0.15, -0.1) is 0 Å². The van der Waals surface area contributed by atoms with E-state index in [0.29, 0.717) is 27.1 Å². The van der Waals surface area contributed by atoms with E-state index in [1.54, 1.807) is 25.2 Å². The number of carbonyl (C=O) groups excluding carboxylic acids is 1. The molecule has 0 spiro atoms. The van der Waals surface area contributed by atoms with Gasteiger partial charge >= 0.3 is 0 Å². The van der Waals surface area contributed by atoms with Gasteiger partial charge in [0.05, 0.1) is 18.3 Å². The monoisotopic (exact) mass is 326 g/mol. The number of halogens is 2. The van der Waals surface area contributed by atoms with Gasteiger partial charge in [-0.2, -0.15) is 10.2 Å². The molecule has 1 amide bonds. The summed E-state index contributed by atoms with van der Waals surface area (Å²) in [4.78, 5) is 11.8. The van der Waals surface area contributed by atoms with Crippen molar-refractivity contribution in [3.05, 3.63) is 45.7 Å². The van der Waals surface area contributed by atoms with Crippen molar-refractivity contribution in [2.45, 2.75) is 0 Å². The molecule has 0 radical (unpaired) electrons. The van der Waals surface area contributed by atoms with E-state index in [0.717, 1.165) is 0 Å². The lowest BCUT2D eigenvalue weighted by atomic mass is 10.2. The van der Waals surface area contributed by atoms with E-state index in [-0.39, 0.29) is 5.91 Å². The van der Waals surface area contributed by atoms with Crippen molar-refractivity contribution in [3.8, 4) is 5.75 Å². The highest BCUT2D eigenvalue weighted by atomic mass is 35.5. The van der Waals surface area contributed by atoms with Crippen LogP contribution in [0, 0.1) is 0 Å². The summed E-state index contributed by atoms with van der Waals surface area (Å²) in [6, 6.07) is 4.78. The van der Waals surface area contributed by atoms with Gasteiger partial charge in [0.1, 0.15) is 11.4 Å². The van der Waals surface area contributed by atoms with Gasteiger partial charge in [-0.25, -0.2) is 5.43 Å². The quantitative estimate of drug-likeness (QED) is 0.693. The summed E-state index contributed by atoms with van der Waals surface area (Å²) in [6.45, 7) is 0. The second kappa shape index (κ2) is 6.60. The molecule has 21 heavy (non-hydrogen) atoms. The van der Waals surface area contributed by atoms with Crippen molar-refractivity contribution >= 4 is 35.3 Å². The molecule has 1 N–H and O–H groups in total. The molecule has 2 rings (SSSR count). The summed E-state index contributed by atoms with van der Waals surface area (Å²) < 4.78 is 6.62. The SMILES string of the molecule is COc1c(Cl)cc(Cl)cc1/C=N\NC(=O)c1ccnn1C. The van der Waals surface area contributed by atoms with E-state index in [2.05, 4.69) is 15.6 Å². The summed E-state index contributed by atoms with van der Waals surface area (Å²) >= 11 is 11.9.